The van der Waals surface area contributed by atoms with Gasteiger partial charge in [0.2, 0.25) is 20.0 Å². The number of aromatic carboxylic acids is 1. The SMILES string of the molecule is CCS(=O)(=O)n1c2c(c3cc(C(=O)O)ccc31)CN(C)CC2.CCS(=O)(=O)n1c2c(c3cc(C(=O)OCc4ccccc4)ccc31)CN(C)CC2. The van der Waals surface area contributed by atoms with Crippen molar-refractivity contribution in [3.63, 3.8) is 0 Å². The Morgan fingerprint density at radius 3 is 1.65 bits per heavy atom. The zero-order valence-corrected chi connectivity index (χ0v) is 30.8. The summed E-state index contributed by atoms with van der Waals surface area (Å²) in [5, 5.41) is 10.7. The Morgan fingerprint density at radius 2 is 1.18 bits per heavy atom. The zero-order valence-electron chi connectivity index (χ0n) is 29.1. The third kappa shape index (κ3) is 7.05. The highest BCUT2D eigenvalue weighted by atomic mass is 32.2. The first-order chi connectivity index (χ1) is 24.3. The smallest absolute Gasteiger partial charge is 0.338 e. The van der Waals surface area contributed by atoms with Crippen molar-refractivity contribution < 1.29 is 36.3 Å². The maximum absolute atomic E-state index is 12.8. The number of ether oxygens (including phenoxy) is 1. The number of benzene rings is 3. The molecule has 2 aliphatic rings. The second-order valence-corrected chi connectivity index (χ2v) is 17.2. The van der Waals surface area contributed by atoms with Gasteiger partial charge < -0.3 is 19.6 Å². The van der Waals surface area contributed by atoms with Gasteiger partial charge in [-0.3, -0.25) is 0 Å². The zero-order chi connectivity index (χ0) is 36.7. The van der Waals surface area contributed by atoms with Crippen LogP contribution in [-0.2, 0) is 57.3 Å². The molecule has 1 N–H and O–H groups in total. The molecule has 0 saturated heterocycles. The van der Waals surface area contributed by atoms with E-state index in [1.54, 1.807) is 44.2 Å². The molecule has 14 heteroatoms. The molecule has 0 atom stereocenters. The van der Waals surface area contributed by atoms with E-state index in [-0.39, 0.29) is 23.7 Å². The van der Waals surface area contributed by atoms with Crippen LogP contribution in [0.3, 0.4) is 0 Å². The molecule has 5 aromatic rings. The predicted octanol–water partition coefficient (Wildman–Crippen LogP) is 4.71. The number of esters is 1. The van der Waals surface area contributed by atoms with E-state index >= 15 is 0 Å². The van der Waals surface area contributed by atoms with Crippen molar-refractivity contribution in [1.82, 2.24) is 17.7 Å². The van der Waals surface area contributed by atoms with E-state index in [0.29, 0.717) is 42.5 Å². The molecule has 0 bridgehead atoms. The van der Waals surface area contributed by atoms with E-state index in [1.807, 2.05) is 44.4 Å². The highest BCUT2D eigenvalue weighted by Crippen LogP contribution is 2.34. The topological polar surface area (TPSA) is 148 Å². The Balaban J connectivity index is 0.000000183. The fourth-order valence-corrected chi connectivity index (χ4v) is 9.37. The Kier molecular flexibility index (Phi) is 10.1. The summed E-state index contributed by atoms with van der Waals surface area (Å²) in [6.45, 7) is 6.33. The first kappa shape index (κ1) is 36.3. The van der Waals surface area contributed by atoms with E-state index in [1.165, 1.54) is 14.0 Å². The fourth-order valence-electron chi connectivity index (χ4n) is 6.87. The molecule has 4 heterocycles. The van der Waals surface area contributed by atoms with Crippen molar-refractivity contribution in [3.8, 4) is 0 Å². The Bertz CT molecular complexity index is 2360. The Labute approximate surface area is 297 Å². The second kappa shape index (κ2) is 14.3. The van der Waals surface area contributed by atoms with Crippen molar-refractivity contribution in [1.29, 1.82) is 0 Å². The van der Waals surface area contributed by atoms with Crippen molar-refractivity contribution in [2.24, 2.45) is 0 Å². The van der Waals surface area contributed by atoms with Crippen LogP contribution in [0.2, 0.25) is 0 Å². The van der Waals surface area contributed by atoms with Gasteiger partial charge in [0.1, 0.15) is 6.61 Å². The van der Waals surface area contributed by atoms with Gasteiger partial charge in [0, 0.05) is 61.2 Å². The van der Waals surface area contributed by atoms with Crippen molar-refractivity contribution in [3.05, 3.63) is 106 Å². The number of rotatable bonds is 8. The lowest BCUT2D eigenvalue weighted by atomic mass is 10.0. The van der Waals surface area contributed by atoms with E-state index in [9.17, 15) is 31.5 Å². The quantitative estimate of drug-likeness (QED) is 0.222. The average molecular weight is 735 g/mol. The van der Waals surface area contributed by atoms with Crippen molar-refractivity contribution in [2.75, 3.05) is 38.7 Å². The van der Waals surface area contributed by atoms with Gasteiger partial charge in [0.25, 0.3) is 0 Å². The van der Waals surface area contributed by atoms with Crippen LogP contribution in [-0.4, -0.2) is 90.3 Å². The third-order valence-electron chi connectivity index (χ3n) is 9.57. The Hall–Kier alpha value is -4.50. The van der Waals surface area contributed by atoms with Gasteiger partial charge in [-0.15, -0.1) is 0 Å². The minimum atomic E-state index is -3.44. The number of hydrogen-bond acceptors (Lipinski definition) is 9. The summed E-state index contributed by atoms with van der Waals surface area (Å²) in [5.74, 6) is -1.38. The fraction of sp³-hybridized carbons (Fsp3) is 0.351. The highest BCUT2D eigenvalue weighted by Gasteiger charge is 2.29. The number of likely N-dealkylation sites (N-methyl/N-ethyl adjacent to an activating group) is 2. The summed E-state index contributed by atoms with van der Waals surface area (Å²) in [7, 11) is -2.87. The number of carboxylic acid groups (broad SMARTS) is 1. The first-order valence-corrected chi connectivity index (χ1v) is 20.1. The lowest BCUT2D eigenvalue weighted by Crippen LogP contribution is -2.29. The van der Waals surface area contributed by atoms with Gasteiger partial charge in [-0.2, -0.15) is 0 Å². The highest BCUT2D eigenvalue weighted by molar-refractivity contribution is 7.90. The van der Waals surface area contributed by atoms with E-state index in [4.69, 9.17) is 4.74 Å². The molecule has 0 radical (unpaired) electrons. The van der Waals surface area contributed by atoms with Gasteiger partial charge in [0.15, 0.2) is 0 Å². The number of nitrogens with zero attached hydrogens (tertiary/aromatic N) is 4. The molecular formula is C37H42N4O8S2. The van der Waals surface area contributed by atoms with Crippen LogP contribution in [0.25, 0.3) is 21.8 Å². The minimum absolute atomic E-state index is 0.0136. The molecule has 12 nitrogen and oxygen atoms in total. The van der Waals surface area contributed by atoms with Crippen molar-refractivity contribution in [2.45, 2.75) is 46.4 Å². The lowest BCUT2D eigenvalue weighted by Gasteiger charge is -2.24. The number of carbonyl (C=O) groups is 2. The largest absolute Gasteiger partial charge is 0.478 e. The van der Waals surface area contributed by atoms with Gasteiger partial charge in [-0.1, -0.05) is 30.3 Å². The van der Waals surface area contributed by atoms with Crippen LogP contribution in [0.15, 0.2) is 66.7 Å². The lowest BCUT2D eigenvalue weighted by molar-refractivity contribution is 0.0472. The predicted molar refractivity (Wildman–Crippen MR) is 196 cm³/mol. The molecule has 0 aliphatic carbocycles. The molecule has 7 rings (SSSR count). The maximum atomic E-state index is 12.8. The molecule has 3 aromatic carbocycles. The van der Waals surface area contributed by atoms with Crippen LogP contribution in [0.1, 0.15) is 62.6 Å². The molecule has 0 amide bonds. The van der Waals surface area contributed by atoms with E-state index < -0.39 is 32.0 Å². The maximum Gasteiger partial charge on any atom is 0.338 e. The molecule has 2 aromatic heterocycles. The number of aromatic nitrogens is 2. The van der Waals surface area contributed by atoms with Crippen LogP contribution < -0.4 is 0 Å². The number of carbonyl (C=O) groups excluding carboxylic acids is 1. The number of carboxylic acids is 1. The van der Waals surface area contributed by atoms with Crippen LogP contribution in [0, 0.1) is 0 Å². The first-order valence-electron chi connectivity index (χ1n) is 16.9. The molecule has 0 spiro atoms. The van der Waals surface area contributed by atoms with Gasteiger partial charge in [-0.25, -0.2) is 34.4 Å². The van der Waals surface area contributed by atoms with Gasteiger partial charge >= 0.3 is 11.9 Å². The summed E-state index contributed by atoms with van der Waals surface area (Å²) < 4.78 is 58.8. The standard InChI is InChI=1S/C22H24N2O4S.C15H18N2O4S/c1-3-29(26,27)24-20-10-9-17(22(25)28-15-16-7-5-4-6-8-16)13-18(20)19-14-23(2)12-11-21(19)24;1-3-22(20,21)17-13-5-4-10(15(18)19)8-11(13)12-9-16(2)7-6-14(12)17/h4-10,13H,3,11-12,14-15H2,1-2H3;4-5,8H,3,6-7,9H2,1-2H3,(H,18,19). The molecule has 0 saturated carbocycles. The van der Waals surface area contributed by atoms with Gasteiger partial charge in [-0.05, 0) is 81.0 Å². The summed E-state index contributed by atoms with van der Waals surface area (Å²) in [6.07, 6.45) is 1.30. The van der Waals surface area contributed by atoms with E-state index in [2.05, 4.69) is 9.80 Å². The molecular weight excluding hydrogens is 693 g/mol. The molecule has 51 heavy (non-hydrogen) atoms. The van der Waals surface area contributed by atoms with Crippen LogP contribution in [0.4, 0.5) is 0 Å². The molecule has 0 unspecified atom stereocenters. The monoisotopic (exact) mass is 734 g/mol. The summed E-state index contributed by atoms with van der Waals surface area (Å²) in [6, 6.07) is 19.3. The molecule has 2 aliphatic heterocycles. The second-order valence-electron chi connectivity index (χ2n) is 13.0. The van der Waals surface area contributed by atoms with Crippen LogP contribution >= 0.6 is 0 Å². The van der Waals surface area contributed by atoms with Crippen molar-refractivity contribution >= 4 is 53.8 Å². The minimum Gasteiger partial charge on any atom is -0.478 e. The van der Waals surface area contributed by atoms with E-state index in [0.717, 1.165) is 51.9 Å². The number of fused-ring (bicyclic) bond motifs is 6. The normalized spacial score (nSPS) is 15.2. The number of hydrogen-bond donors (Lipinski definition) is 1. The van der Waals surface area contributed by atoms with Crippen LogP contribution in [0.5, 0.6) is 0 Å². The molecule has 0 fully saturated rings. The van der Waals surface area contributed by atoms with Gasteiger partial charge in [0.05, 0.1) is 33.7 Å². The Morgan fingerprint density at radius 1 is 0.706 bits per heavy atom. The summed E-state index contributed by atoms with van der Waals surface area (Å²) >= 11 is 0. The molecule has 270 valence electrons. The average Bonchev–Trinajstić information content (AvgIpc) is 3.63. The third-order valence-corrected chi connectivity index (χ3v) is 13.0. The summed E-state index contributed by atoms with van der Waals surface area (Å²) in [4.78, 5) is 28.1. The summed E-state index contributed by atoms with van der Waals surface area (Å²) in [5.41, 5.74) is 6.24.